The number of carboxylic acids is 1. The monoisotopic (exact) mass is 302 g/mol. The zero-order chi connectivity index (χ0) is 14.7. The van der Waals surface area contributed by atoms with E-state index in [9.17, 15) is 9.90 Å². The highest BCUT2D eigenvalue weighted by Crippen LogP contribution is 2.24. The van der Waals surface area contributed by atoms with Crippen LogP contribution in [0.25, 0.3) is 0 Å². The molecule has 5 heteroatoms. The lowest BCUT2D eigenvalue weighted by Crippen LogP contribution is -2.18. The van der Waals surface area contributed by atoms with E-state index in [1.807, 2.05) is 30.3 Å². The molecular weight excluding hydrogens is 284 g/mol. The van der Waals surface area contributed by atoms with Crippen LogP contribution in [0.5, 0.6) is 0 Å². The number of rotatable bonds is 5. The fourth-order valence-electron chi connectivity index (χ4n) is 2.68. The molecule has 2 aromatic rings. The van der Waals surface area contributed by atoms with Gasteiger partial charge in [-0.1, -0.05) is 30.3 Å². The summed E-state index contributed by atoms with van der Waals surface area (Å²) < 4.78 is 0. The largest absolute Gasteiger partial charge is 0.477 e. The molecule has 1 aliphatic rings. The van der Waals surface area contributed by atoms with Crippen LogP contribution in [0.2, 0.25) is 0 Å². The van der Waals surface area contributed by atoms with Crippen LogP contribution in [0.3, 0.4) is 0 Å². The summed E-state index contributed by atoms with van der Waals surface area (Å²) in [6, 6.07) is 9.90. The molecule has 1 fully saturated rings. The summed E-state index contributed by atoms with van der Waals surface area (Å²) in [6.07, 6.45) is 3.04. The van der Waals surface area contributed by atoms with Gasteiger partial charge in [0.25, 0.3) is 0 Å². The average Bonchev–Trinajstić information content (AvgIpc) is 3.10. The van der Waals surface area contributed by atoms with Crippen LogP contribution in [0, 0.1) is 0 Å². The third-order valence-corrected chi connectivity index (χ3v) is 4.78. The molecule has 1 aliphatic heterocycles. The molecule has 1 aromatic carbocycles. The van der Waals surface area contributed by atoms with E-state index in [-0.39, 0.29) is 0 Å². The smallest absolute Gasteiger partial charge is 0.347 e. The normalized spacial score (nSPS) is 15.4. The summed E-state index contributed by atoms with van der Waals surface area (Å²) in [5, 5.41) is 10.3. The van der Waals surface area contributed by atoms with Gasteiger partial charge in [0.15, 0.2) is 0 Å². The first kappa shape index (κ1) is 14.2. The molecule has 21 heavy (non-hydrogen) atoms. The van der Waals surface area contributed by atoms with E-state index in [4.69, 9.17) is 0 Å². The van der Waals surface area contributed by atoms with Crippen LogP contribution in [0.1, 0.15) is 38.8 Å². The highest BCUT2D eigenvalue weighted by atomic mass is 32.1. The maximum Gasteiger partial charge on any atom is 0.347 e. The molecule has 4 nitrogen and oxygen atoms in total. The molecule has 1 aromatic heterocycles. The molecular formula is C16H18N2O2S. The highest BCUT2D eigenvalue weighted by Gasteiger charge is 2.20. The van der Waals surface area contributed by atoms with Gasteiger partial charge in [0.1, 0.15) is 9.88 Å². The Balaban J connectivity index is 1.80. The fraction of sp³-hybridized carbons (Fsp3) is 0.375. The number of hydrogen-bond donors (Lipinski definition) is 1. The maximum absolute atomic E-state index is 11.4. The number of nitrogens with zero attached hydrogens (tertiary/aromatic N) is 2. The Morgan fingerprint density at radius 1 is 1.24 bits per heavy atom. The molecule has 0 amide bonds. The predicted molar refractivity (Wildman–Crippen MR) is 82.8 cm³/mol. The van der Waals surface area contributed by atoms with E-state index < -0.39 is 5.97 Å². The Kier molecular flexibility index (Phi) is 4.31. The van der Waals surface area contributed by atoms with Crippen molar-refractivity contribution in [1.29, 1.82) is 0 Å². The van der Waals surface area contributed by atoms with Gasteiger partial charge in [-0.15, -0.1) is 11.3 Å². The SMILES string of the molecule is O=C(O)c1sc(CN2CCCC2)nc1Cc1ccccc1. The number of likely N-dealkylation sites (tertiary alicyclic amines) is 1. The molecule has 0 unspecified atom stereocenters. The third-order valence-electron chi connectivity index (χ3n) is 3.71. The first-order chi connectivity index (χ1) is 10.2. The standard InChI is InChI=1S/C16H18N2O2S/c19-16(20)15-13(10-12-6-2-1-3-7-12)17-14(21-15)11-18-8-4-5-9-18/h1-3,6-7H,4-5,8-11H2,(H,19,20). The minimum Gasteiger partial charge on any atom is -0.477 e. The molecule has 0 bridgehead atoms. The summed E-state index contributed by atoms with van der Waals surface area (Å²) in [5.41, 5.74) is 1.78. The van der Waals surface area contributed by atoms with E-state index in [1.165, 1.54) is 24.2 Å². The van der Waals surface area contributed by atoms with Crippen molar-refractivity contribution >= 4 is 17.3 Å². The van der Waals surface area contributed by atoms with E-state index >= 15 is 0 Å². The van der Waals surface area contributed by atoms with Crippen LogP contribution < -0.4 is 0 Å². The first-order valence-electron chi connectivity index (χ1n) is 7.20. The summed E-state index contributed by atoms with van der Waals surface area (Å²) in [4.78, 5) is 18.7. The summed E-state index contributed by atoms with van der Waals surface area (Å²) in [6.45, 7) is 2.96. The van der Waals surface area contributed by atoms with Crippen molar-refractivity contribution in [3.63, 3.8) is 0 Å². The van der Waals surface area contributed by atoms with Crippen molar-refractivity contribution < 1.29 is 9.90 Å². The molecule has 0 saturated carbocycles. The summed E-state index contributed by atoms with van der Waals surface area (Å²) >= 11 is 1.32. The van der Waals surface area contributed by atoms with E-state index in [1.54, 1.807) is 0 Å². The van der Waals surface area contributed by atoms with Crippen LogP contribution in [0.4, 0.5) is 0 Å². The summed E-state index contributed by atoms with van der Waals surface area (Å²) in [5.74, 6) is -0.869. The number of carbonyl (C=O) groups is 1. The molecule has 1 saturated heterocycles. The second-order valence-electron chi connectivity index (χ2n) is 5.33. The van der Waals surface area contributed by atoms with Gasteiger partial charge in [-0.25, -0.2) is 9.78 Å². The van der Waals surface area contributed by atoms with Crippen molar-refractivity contribution in [1.82, 2.24) is 9.88 Å². The summed E-state index contributed by atoms with van der Waals surface area (Å²) in [7, 11) is 0. The first-order valence-corrected chi connectivity index (χ1v) is 8.02. The molecule has 0 spiro atoms. The van der Waals surface area contributed by atoms with Crippen LogP contribution in [0.15, 0.2) is 30.3 Å². The maximum atomic E-state index is 11.4. The molecule has 110 valence electrons. The minimum atomic E-state index is -0.869. The van der Waals surface area contributed by atoms with Gasteiger partial charge in [0, 0.05) is 6.42 Å². The lowest BCUT2D eigenvalue weighted by Gasteiger charge is -2.11. The lowest BCUT2D eigenvalue weighted by molar-refractivity contribution is 0.0701. The van der Waals surface area contributed by atoms with Crippen molar-refractivity contribution in [2.75, 3.05) is 13.1 Å². The number of aromatic carboxylic acids is 1. The molecule has 3 rings (SSSR count). The van der Waals surface area contributed by atoms with E-state index in [0.29, 0.717) is 17.0 Å². The van der Waals surface area contributed by atoms with Crippen LogP contribution in [-0.4, -0.2) is 34.0 Å². The van der Waals surface area contributed by atoms with Crippen molar-refractivity contribution in [2.45, 2.75) is 25.8 Å². The lowest BCUT2D eigenvalue weighted by atomic mass is 10.1. The Morgan fingerprint density at radius 2 is 1.95 bits per heavy atom. The quantitative estimate of drug-likeness (QED) is 0.922. The minimum absolute atomic E-state index is 0.382. The van der Waals surface area contributed by atoms with Crippen molar-refractivity contribution in [3.8, 4) is 0 Å². The second-order valence-corrected chi connectivity index (χ2v) is 6.42. The van der Waals surface area contributed by atoms with Gasteiger partial charge < -0.3 is 5.11 Å². The number of carboxylic acid groups (broad SMARTS) is 1. The third kappa shape index (κ3) is 3.49. The van der Waals surface area contributed by atoms with Gasteiger partial charge in [-0.3, -0.25) is 4.90 Å². The van der Waals surface area contributed by atoms with Crippen molar-refractivity contribution in [2.24, 2.45) is 0 Å². The number of aromatic nitrogens is 1. The van der Waals surface area contributed by atoms with Crippen molar-refractivity contribution in [3.05, 3.63) is 51.5 Å². The number of hydrogen-bond acceptors (Lipinski definition) is 4. The predicted octanol–water partition coefficient (Wildman–Crippen LogP) is 3.03. The molecule has 1 N–H and O–H groups in total. The molecule has 2 heterocycles. The Labute approximate surface area is 128 Å². The molecule has 0 aliphatic carbocycles. The van der Waals surface area contributed by atoms with Gasteiger partial charge in [0.2, 0.25) is 0 Å². The zero-order valence-electron chi connectivity index (χ0n) is 11.8. The Morgan fingerprint density at radius 3 is 2.62 bits per heavy atom. The Bertz CT molecular complexity index is 618. The fourth-order valence-corrected chi connectivity index (χ4v) is 3.64. The van der Waals surface area contributed by atoms with Gasteiger partial charge >= 0.3 is 5.97 Å². The number of thiazole rings is 1. The van der Waals surface area contributed by atoms with Gasteiger partial charge in [-0.2, -0.15) is 0 Å². The van der Waals surface area contributed by atoms with Crippen LogP contribution >= 0.6 is 11.3 Å². The average molecular weight is 302 g/mol. The zero-order valence-corrected chi connectivity index (χ0v) is 12.6. The second kappa shape index (κ2) is 6.37. The molecule has 0 atom stereocenters. The van der Waals surface area contributed by atoms with E-state index in [2.05, 4.69) is 9.88 Å². The van der Waals surface area contributed by atoms with Gasteiger partial charge in [-0.05, 0) is 31.5 Å². The van der Waals surface area contributed by atoms with Crippen LogP contribution in [-0.2, 0) is 13.0 Å². The van der Waals surface area contributed by atoms with Gasteiger partial charge in [0.05, 0.1) is 12.2 Å². The molecule has 0 radical (unpaired) electrons. The van der Waals surface area contributed by atoms with E-state index in [0.717, 1.165) is 30.2 Å². The number of benzene rings is 1. The highest BCUT2D eigenvalue weighted by molar-refractivity contribution is 7.13. The topological polar surface area (TPSA) is 53.4 Å². The Hall–Kier alpha value is -1.72.